The van der Waals surface area contributed by atoms with Crippen LogP contribution in [-0.2, 0) is 14.5 Å². The lowest BCUT2D eigenvalue weighted by molar-refractivity contribution is -0.245. The third-order valence-electron chi connectivity index (χ3n) is 0.433. The molecular formula is C5H10O3. The van der Waals surface area contributed by atoms with Crippen LogP contribution in [0.4, 0.5) is 0 Å². The molecule has 0 aromatic carbocycles. The Labute approximate surface area is 48.8 Å². The van der Waals surface area contributed by atoms with E-state index < -0.39 is 0 Å². The van der Waals surface area contributed by atoms with Crippen molar-refractivity contribution in [1.82, 2.24) is 0 Å². The molecule has 0 aromatic heterocycles. The van der Waals surface area contributed by atoms with Gasteiger partial charge in [0.2, 0.25) is 0 Å². The van der Waals surface area contributed by atoms with Gasteiger partial charge >= 0.3 is 0 Å². The Morgan fingerprint density at radius 2 is 2.12 bits per heavy atom. The molecule has 0 unspecified atom stereocenters. The molecule has 0 fully saturated rings. The Morgan fingerprint density at radius 1 is 1.38 bits per heavy atom. The van der Waals surface area contributed by atoms with Gasteiger partial charge in [0.1, 0.15) is 6.26 Å². The predicted molar refractivity (Wildman–Crippen MR) is 28.9 cm³/mol. The fourth-order valence-electron chi connectivity index (χ4n) is 0.186. The minimum absolute atomic E-state index is 0.536. The smallest absolute Gasteiger partial charge is 0.163 e. The van der Waals surface area contributed by atoms with E-state index in [1.54, 1.807) is 0 Å². The summed E-state index contributed by atoms with van der Waals surface area (Å²) in [4.78, 5) is 8.89. The minimum Gasteiger partial charge on any atom is -0.501 e. The predicted octanol–water partition coefficient (Wildman–Crippen LogP) is 1.07. The van der Waals surface area contributed by atoms with E-state index in [2.05, 4.69) is 14.5 Å². The SMILES string of the molecule is CCOOC=COC. The molecule has 0 aromatic rings. The van der Waals surface area contributed by atoms with Gasteiger partial charge in [0.05, 0.1) is 13.7 Å². The lowest BCUT2D eigenvalue weighted by atomic mass is 10.9. The second kappa shape index (κ2) is 6.30. The van der Waals surface area contributed by atoms with E-state index in [4.69, 9.17) is 0 Å². The molecule has 3 heteroatoms. The van der Waals surface area contributed by atoms with E-state index in [1.807, 2.05) is 6.92 Å². The van der Waals surface area contributed by atoms with E-state index >= 15 is 0 Å². The van der Waals surface area contributed by atoms with Gasteiger partial charge in [0, 0.05) is 0 Å². The molecule has 0 aliphatic rings. The molecule has 0 aliphatic carbocycles. The van der Waals surface area contributed by atoms with Gasteiger partial charge in [-0.15, -0.1) is 0 Å². The van der Waals surface area contributed by atoms with Crippen LogP contribution >= 0.6 is 0 Å². The Kier molecular flexibility index (Phi) is 5.75. The zero-order valence-electron chi connectivity index (χ0n) is 5.09. The molecule has 0 saturated heterocycles. The summed E-state index contributed by atoms with van der Waals surface area (Å²) in [5, 5.41) is 0. The third-order valence-corrected chi connectivity index (χ3v) is 0.433. The van der Waals surface area contributed by atoms with E-state index in [9.17, 15) is 0 Å². The Bertz CT molecular complexity index is 60.7. The summed E-state index contributed by atoms with van der Waals surface area (Å²) in [6, 6.07) is 0. The van der Waals surface area contributed by atoms with Crippen molar-refractivity contribution in [1.29, 1.82) is 0 Å². The Balaban J connectivity index is 2.80. The zero-order valence-corrected chi connectivity index (χ0v) is 5.09. The summed E-state index contributed by atoms with van der Waals surface area (Å²) in [7, 11) is 1.53. The van der Waals surface area contributed by atoms with Crippen molar-refractivity contribution in [2.24, 2.45) is 0 Å². The highest BCUT2D eigenvalue weighted by atomic mass is 17.2. The largest absolute Gasteiger partial charge is 0.501 e. The van der Waals surface area contributed by atoms with Gasteiger partial charge < -0.3 is 9.62 Å². The molecular weight excluding hydrogens is 108 g/mol. The lowest BCUT2D eigenvalue weighted by Crippen LogP contribution is -1.84. The monoisotopic (exact) mass is 118 g/mol. The summed E-state index contributed by atoms with van der Waals surface area (Å²) in [6.45, 7) is 2.37. The zero-order chi connectivity index (χ0) is 6.24. The summed E-state index contributed by atoms with van der Waals surface area (Å²) in [5.74, 6) is 0. The van der Waals surface area contributed by atoms with Crippen molar-refractivity contribution in [2.45, 2.75) is 6.92 Å². The van der Waals surface area contributed by atoms with Crippen LogP contribution in [0.5, 0.6) is 0 Å². The van der Waals surface area contributed by atoms with Crippen molar-refractivity contribution in [2.75, 3.05) is 13.7 Å². The molecule has 0 saturated carbocycles. The molecule has 0 N–H and O–H groups in total. The van der Waals surface area contributed by atoms with Crippen molar-refractivity contribution in [3.05, 3.63) is 12.5 Å². The molecule has 3 nitrogen and oxygen atoms in total. The summed E-state index contributed by atoms with van der Waals surface area (Å²) in [5.41, 5.74) is 0. The van der Waals surface area contributed by atoms with Crippen molar-refractivity contribution < 1.29 is 14.5 Å². The number of methoxy groups -OCH3 is 1. The first-order chi connectivity index (χ1) is 3.91. The number of ether oxygens (including phenoxy) is 1. The fraction of sp³-hybridized carbons (Fsp3) is 0.600. The van der Waals surface area contributed by atoms with Crippen molar-refractivity contribution >= 4 is 0 Å². The second-order valence-electron chi connectivity index (χ2n) is 1.01. The van der Waals surface area contributed by atoms with Crippen molar-refractivity contribution in [3.8, 4) is 0 Å². The van der Waals surface area contributed by atoms with Crippen molar-refractivity contribution in [3.63, 3.8) is 0 Å². The molecule has 0 rings (SSSR count). The Morgan fingerprint density at radius 3 is 2.62 bits per heavy atom. The third kappa shape index (κ3) is 5.30. The van der Waals surface area contributed by atoms with Gasteiger partial charge in [0.25, 0.3) is 0 Å². The molecule has 0 atom stereocenters. The topological polar surface area (TPSA) is 27.7 Å². The highest BCUT2D eigenvalue weighted by Crippen LogP contribution is 1.78. The quantitative estimate of drug-likeness (QED) is 0.239. The van der Waals surface area contributed by atoms with Crippen LogP contribution in [-0.4, -0.2) is 13.7 Å². The van der Waals surface area contributed by atoms with Gasteiger partial charge in [-0.3, -0.25) is 0 Å². The van der Waals surface area contributed by atoms with Gasteiger partial charge in [-0.2, -0.15) is 4.89 Å². The first-order valence-corrected chi connectivity index (χ1v) is 2.38. The van der Waals surface area contributed by atoms with Crippen LogP contribution in [0.3, 0.4) is 0 Å². The van der Waals surface area contributed by atoms with Crippen LogP contribution < -0.4 is 0 Å². The van der Waals surface area contributed by atoms with Gasteiger partial charge in [0.15, 0.2) is 6.26 Å². The molecule has 48 valence electrons. The van der Waals surface area contributed by atoms with E-state index in [0.29, 0.717) is 6.61 Å². The van der Waals surface area contributed by atoms with E-state index in [0.717, 1.165) is 0 Å². The first kappa shape index (κ1) is 7.30. The summed E-state index contributed by atoms with van der Waals surface area (Å²) >= 11 is 0. The maximum absolute atomic E-state index is 4.50. The van der Waals surface area contributed by atoms with Crippen LogP contribution in [0, 0.1) is 0 Å². The second-order valence-corrected chi connectivity index (χ2v) is 1.01. The van der Waals surface area contributed by atoms with Crippen LogP contribution in [0.25, 0.3) is 0 Å². The molecule has 0 spiro atoms. The van der Waals surface area contributed by atoms with Crippen LogP contribution in [0.1, 0.15) is 6.92 Å². The first-order valence-electron chi connectivity index (χ1n) is 2.38. The average molecular weight is 118 g/mol. The molecule has 0 radical (unpaired) electrons. The molecule has 0 bridgehead atoms. The number of hydrogen-bond acceptors (Lipinski definition) is 3. The van der Waals surface area contributed by atoms with Gasteiger partial charge in [-0.25, -0.2) is 0 Å². The fourth-order valence-corrected chi connectivity index (χ4v) is 0.186. The highest BCUT2D eigenvalue weighted by Gasteiger charge is 1.71. The van der Waals surface area contributed by atoms with E-state index in [-0.39, 0.29) is 0 Å². The standard InChI is InChI=1S/C5H10O3/c1-3-7-8-5-4-6-2/h4-5H,3H2,1-2H3. The maximum atomic E-state index is 4.50. The number of hydrogen-bond donors (Lipinski definition) is 0. The van der Waals surface area contributed by atoms with Crippen LogP contribution in [0.15, 0.2) is 12.5 Å². The molecule has 0 heterocycles. The highest BCUT2D eigenvalue weighted by molar-refractivity contribution is 4.55. The lowest BCUT2D eigenvalue weighted by Gasteiger charge is -1.92. The summed E-state index contributed by atoms with van der Waals surface area (Å²) in [6.07, 6.45) is 2.71. The molecule has 8 heavy (non-hydrogen) atoms. The molecule has 0 aliphatic heterocycles. The molecule has 0 amide bonds. The normalized spacial score (nSPS) is 9.75. The van der Waals surface area contributed by atoms with Gasteiger partial charge in [-0.05, 0) is 6.92 Å². The Hall–Kier alpha value is -0.700. The summed E-state index contributed by atoms with van der Waals surface area (Å²) < 4.78 is 4.50. The maximum Gasteiger partial charge on any atom is 0.163 e. The minimum atomic E-state index is 0.536. The van der Waals surface area contributed by atoms with Gasteiger partial charge in [-0.1, -0.05) is 0 Å². The average Bonchev–Trinajstić information content (AvgIpc) is 1.81. The number of rotatable bonds is 4. The van der Waals surface area contributed by atoms with Crippen LogP contribution in [0.2, 0.25) is 0 Å². The van der Waals surface area contributed by atoms with E-state index in [1.165, 1.54) is 19.6 Å².